The predicted molar refractivity (Wildman–Crippen MR) is 159 cm³/mol. The second-order valence-corrected chi connectivity index (χ2v) is 13.0. The standard InChI is InChI=1S/C28H32N4O9S2/c1-5-40-27-16-21(11-14-26(27)41-43(38,39)24-8-6-7-22(17-24)32(34)35)18-29-30-28(33)25(15-19(2)3)31-42(36,37)23-12-9-20(4)10-13-23/h6-14,16-19,25,31H,5,15H2,1-4H3,(H,30,33)/b29-18-/t25-/m1/s1. The lowest BCUT2D eigenvalue weighted by atomic mass is 10.0. The van der Waals surface area contributed by atoms with Crippen LogP contribution in [0.25, 0.3) is 0 Å². The number of amides is 1. The van der Waals surface area contributed by atoms with Crippen LogP contribution in [0.2, 0.25) is 0 Å². The largest absolute Gasteiger partial charge is 0.490 e. The van der Waals surface area contributed by atoms with Crippen LogP contribution >= 0.6 is 0 Å². The second-order valence-electron chi connectivity index (χ2n) is 9.78. The molecule has 0 aliphatic heterocycles. The van der Waals surface area contributed by atoms with Crippen LogP contribution in [0.5, 0.6) is 11.5 Å². The van der Waals surface area contributed by atoms with Gasteiger partial charge in [0.25, 0.3) is 11.6 Å². The van der Waals surface area contributed by atoms with Crippen molar-refractivity contribution in [3.05, 3.63) is 88.0 Å². The van der Waals surface area contributed by atoms with Gasteiger partial charge in [0.1, 0.15) is 10.9 Å². The quantitative estimate of drug-likeness (QED) is 0.115. The molecule has 1 atom stereocenters. The van der Waals surface area contributed by atoms with Crippen molar-refractivity contribution in [1.82, 2.24) is 10.1 Å². The molecule has 3 rings (SSSR count). The summed E-state index contributed by atoms with van der Waals surface area (Å²) in [4.78, 5) is 22.8. The highest BCUT2D eigenvalue weighted by molar-refractivity contribution is 7.89. The molecule has 3 aromatic rings. The smallest absolute Gasteiger partial charge is 0.339 e. The van der Waals surface area contributed by atoms with Crippen LogP contribution in [0.15, 0.2) is 81.6 Å². The number of sulfonamides is 1. The summed E-state index contributed by atoms with van der Waals surface area (Å²) >= 11 is 0. The molecule has 0 spiro atoms. The number of non-ortho nitro benzene ring substituents is 1. The van der Waals surface area contributed by atoms with Gasteiger partial charge in [-0.1, -0.05) is 37.6 Å². The molecule has 1 amide bonds. The minimum Gasteiger partial charge on any atom is -0.490 e. The number of nitro groups is 1. The fourth-order valence-electron chi connectivity index (χ4n) is 3.76. The third-order valence-electron chi connectivity index (χ3n) is 5.82. The van der Waals surface area contributed by atoms with Crippen molar-refractivity contribution >= 4 is 38.0 Å². The summed E-state index contributed by atoms with van der Waals surface area (Å²) in [6.07, 6.45) is 1.48. The average molecular weight is 633 g/mol. The molecule has 2 N–H and O–H groups in total. The second kappa shape index (κ2) is 14.2. The molecule has 13 nitrogen and oxygen atoms in total. The lowest BCUT2D eigenvalue weighted by molar-refractivity contribution is -0.385. The first kappa shape index (κ1) is 33.2. The first-order valence-corrected chi connectivity index (χ1v) is 16.0. The number of nitrogens with zero attached hydrogens (tertiary/aromatic N) is 2. The van der Waals surface area contributed by atoms with Crippen molar-refractivity contribution in [3.63, 3.8) is 0 Å². The Labute approximate surface area is 250 Å². The molecule has 43 heavy (non-hydrogen) atoms. The molecule has 0 aliphatic rings. The lowest BCUT2D eigenvalue weighted by Crippen LogP contribution is -2.46. The van der Waals surface area contributed by atoms with Crippen LogP contribution in [0, 0.1) is 23.0 Å². The number of benzene rings is 3. The number of nitro benzene ring substituents is 1. The Balaban J connectivity index is 1.76. The summed E-state index contributed by atoms with van der Waals surface area (Å²) < 4.78 is 64.5. The maximum absolute atomic E-state index is 12.9. The monoisotopic (exact) mass is 632 g/mol. The van der Waals surface area contributed by atoms with Gasteiger partial charge < -0.3 is 8.92 Å². The maximum Gasteiger partial charge on any atom is 0.339 e. The van der Waals surface area contributed by atoms with Crippen molar-refractivity contribution < 1.29 is 35.5 Å². The van der Waals surface area contributed by atoms with E-state index < -0.39 is 47.6 Å². The molecule has 0 unspecified atom stereocenters. The van der Waals surface area contributed by atoms with Crippen molar-refractivity contribution in [3.8, 4) is 11.5 Å². The van der Waals surface area contributed by atoms with E-state index in [0.717, 1.165) is 17.7 Å². The predicted octanol–water partition coefficient (Wildman–Crippen LogP) is 3.91. The van der Waals surface area contributed by atoms with Crippen LogP contribution in [0.4, 0.5) is 5.69 Å². The number of aryl methyl sites for hydroxylation is 1. The number of nitrogens with one attached hydrogen (secondary N) is 2. The molecule has 0 saturated carbocycles. The van der Waals surface area contributed by atoms with Gasteiger partial charge in [-0.25, -0.2) is 13.8 Å². The summed E-state index contributed by atoms with van der Waals surface area (Å²) in [5, 5.41) is 15.0. The Morgan fingerprint density at radius 2 is 1.70 bits per heavy atom. The van der Waals surface area contributed by atoms with E-state index >= 15 is 0 Å². The van der Waals surface area contributed by atoms with Gasteiger partial charge in [0, 0.05) is 12.1 Å². The topological polar surface area (TPSA) is 183 Å². The number of carbonyl (C=O) groups excluding carboxylic acids is 1. The SMILES string of the molecule is CCOc1cc(/C=N\NC(=O)[C@@H](CC(C)C)NS(=O)(=O)c2ccc(C)cc2)ccc1OS(=O)(=O)c1cccc([N+](=O)[O-])c1. The fraction of sp³-hybridized carbons (Fsp3) is 0.286. The van der Waals surface area contributed by atoms with Crippen LogP contribution < -0.4 is 19.1 Å². The minimum absolute atomic E-state index is 0.0138. The van der Waals surface area contributed by atoms with Crippen molar-refractivity contribution in [2.24, 2.45) is 11.0 Å². The molecule has 0 bridgehead atoms. The molecule has 0 aliphatic carbocycles. The minimum atomic E-state index is -4.44. The maximum atomic E-state index is 12.9. The van der Waals surface area contributed by atoms with Crippen molar-refractivity contribution in [2.45, 2.75) is 49.9 Å². The third kappa shape index (κ3) is 9.33. The van der Waals surface area contributed by atoms with Gasteiger partial charge in [0.2, 0.25) is 10.0 Å². The van der Waals surface area contributed by atoms with E-state index in [9.17, 15) is 31.7 Å². The van der Waals surface area contributed by atoms with Crippen LogP contribution in [0.1, 0.15) is 38.3 Å². The van der Waals surface area contributed by atoms with E-state index in [-0.39, 0.29) is 35.3 Å². The van der Waals surface area contributed by atoms with E-state index in [1.54, 1.807) is 19.1 Å². The number of hydrazone groups is 1. The Bertz CT molecular complexity index is 1710. The fourth-order valence-corrected chi connectivity index (χ4v) is 5.95. The summed E-state index contributed by atoms with van der Waals surface area (Å²) in [6, 6.07) is 13.7. The molecule has 0 radical (unpaired) electrons. The van der Waals surface area contributed by atoms with Gasteiger partial charge in [-0.15, -0.1) is 0 Å². The van der Waals surface area contributed by atoms with E-state index in [2.05, 4.69) is 15.2 Å². The molecular weight excluding hydrogens is 600 g/mol. The Morgan fingerprint density at radius 3 is 2.33 bits per heavy atom. The first-order chi connectivity index (χ1) is 20.2. The molecular formula is C28H32N4O9S2. The zero-order valence-corrected chi connectivity index (χ0v) is 25.5. The molecule has 15 heteroatoms. The molecule has 230 valence electrons. The molecule has 0 heterocycles. The summed E-state index contributed by atoms with van der Waals surface area (Å²) in [6.45, 7) is 7.36. The number of hydrogen-bond acceptors (Lipinski definition) is 10. The Hall–Kier alpha value is -4.34. The Kier molecular flexibility index (Phi) is 11.0. The van der Waals surface area contributed by atoms with Gasteiger partial charge in [-0.3, -0.25) is 14.9 Å². The average Bonchev–Trinajstić information content (AvgIpc) is 2.94. The van der Waals surface area contributed by atoms with Gasteiger partial charge >= 0.3 is 10.1 Å². The van der Waals surface area contributed by atoms with Crippen molar-refractivity contribution in [1.29, 1.82) is 0 Å². The van der Waals surface area contributed by atoms with E-state index in [0.29, 0.717) is 5.56 Å². The van der Waals surface area contributed by atoms with Gasteiger partial charge in [0.15, 0.2) is 11.5 Å². The van der Waals surface area contributed by atoms with E-state index in [1.807, 2.05) is 20.8 Å². The highest BCUT2D eigenvalue weighted by atomic mass is 32.2. The summed E-state index contributed by atoms with van der Waals surface area (Å²) in [7, 11) is -8.42. The molecule has 0 aromatic heterocycles. The number of hydrogen-bond donors (Lipinski definition) is 2. The highest BCUT2D eigenvalue weighted by Crippen LogP contribution is 2.31. The van der Waals surface area contributed by atoms with Crippen LogP contribution in [0.3, 0.4) is 0 Å². The highest BCUT2D eigenvalue weighted by Gasteiger charge is 2.27. The first-order valence-electron chi connectivity index (χ1n) is 13.1. The third-order valence-corrected chi connectivity index (χ3v) is 8.54. The van der Waals surface area contributed by atoms with Crippen molar-refractivity contribution in [2.75, 3.05) is 6.61 Å². The van der Waals surface area contributed by atoms with Crippen LogP contribution in [-0.4, -0.2) is 46.5 Å². The Morgan fingerprint density at radius 1 is 1.00 bits per heavy atom. The molecule has 0 fully saturated rings. The molecule has 3 aromatic carbocycles. The summed E-state index contributed by atoms with van der Waals surface area (Å²) in [5.74, 6) is -0.818. The van der Waals surface area contributed by atoms with E-state index in [1.165, 1.54) is 48.7 Å². The number of rotatable bonds is 14. The number of carbonyl (C=O) groups is 1. The van der Waals surface area contributed by atoms with Crippen LogP contribution in [-0.2, 0) is 24.9 Å². The zero-order chi connectivity index (χ0) is 31.8. The lowest BCUT2D eigenvalue weighted by Gasteiger charge is -2.19. The number of ether oxygens (including phenoxy) is 1. The molecule has 0 saturated heterocycles. The van der Waals surface area contributed by atoms with Gasteiger partial charge in [-0.05, 0) is 68.1 Å². The van der Waals surface area contributed by atoms with Gasteiger partial charge in [0.05, 0.1) is 22.6 Å². The van der Waals surface area contributed by atoms with E-state index in [4.69, 9.17) is 8.92 Å². The van der Waals surface area contributed by atoms with Gasteiger partial charge in [-0.2, -0.15) is 18.2 Å². The summed E-state index contributed by atoms with van der Waals surface area (Å²) in [5.41, 5.74) is 3.21. The normalized spacial score (nSPS) is 12.7. The zero-order valence-electron chi connectivity index (χ0n) is 23.9.